The summed E-state index contributed by atoms with van der Waals surface area (Å²) in [6, 6.07) is 0. The highest BCUT2D eigenvalue weighted by molar-refractivity contribution is 5.66. The van der Waals surface area contributed by atoms with Crippen LogP contribution in [-0.4, -0.2) is 12.1 Å². The van der Waals surface area contributed by atoms with Crippen LogP contribution in [0.5, 0.6) is 0 Å². The summed E-state index contributed by atoms with van der Waals surface area (Å²) in [5.41, 5.74) is 4.87. The van der Waals surface area contributed by atoms with E-state index in [-0.39, 0.29) is 12.1 Å². The Hall–Kier alpha value is -0.790. The molecule has 0 heterocycles. The molecule has 0 aromatic rings. The Morgan fingerprint density at radius 2 is 1.65 bits per heavy atom. The molecule has 4 rings (SSSR count). The molecule has 2 fully saturated rings. The van der Waals surface area contributed by atoms with E-state index >= 15 is 0 Å². The third kappa shape index (κ3) is 4.02. The Morgan fingerprint density at radius 1 is 0.941 bits per heavy atom. The average molecular weight is 471 g/mol. The zero-order valence-corrected chi connectivity index (χ0v) is 23.9. The first-order valence-corrected chi connectivity index (χ1v) is 14.8. The molecule has 0 aromatic heterocycles. The van der Waals surface area contributed by atoms with Crippen molar-refractivity contribution in [3.8, 4) is 0 Å². The Bertz CT molecular complexity index is 810. The summed E-state index contributed by atoms with van der Waals surface area (Å²) >= 11 is 0. The zero-order chi connectivity index (χ0) is 25.1. The number of esters is 1. The van der Waals surface area contributed by atoms with Crippen LogP contribution in [0.2, 0.25) is 0 Å². The second-order valence-electron chi connectivity index (χ2n) is 14.2. The summed E-state index contributed by atoms with van der Waals surface area (Å²) in [4.78, 5) is 11.7. The van der Waals surface area contributed by atoms with E-state index in [0.717, 1.165) is 30.1 Å². The lowest BCUT2D eigenvalue weighted by Gasteiger charge is -2.60. The summed E-state index contributed by atoms with van der Waals surface area (Å²) in [7, 11) is 0. The summed E-state index contributed by atoms with van der Waals surface area (Å²) in [5.74, 6) is 4.36. The van der Waals surface area contributed by atoms with Gasteiger partial charge in [-0.25, -0.2) is 0 Å². The van der Waals surface area contributed by atoms with Crippen LogP contribution >= 0.6 is 0 Å². The molecule has 194 valence electrons. The highest BCUT2D eigenvalue weighted by Gasteiger charge is 2.62. The molecule has 2 nitrogen and oxygen atoms in total. The molecule has 0 aromatic carbocycles. The topological polar surface area (TPSA) is 26.3 Å². The average Bonchev–Trinajstić information content (AvgIpc) is 3.05. The van der Waals surface area contributed by atoms with Gasteiger partial charge < -0.3 is 4.74 Å². The molecule has 0 saturated heterocycles. The summed E-state index contributed by atoms with van der Waals surface area (Å²) < 4.78 is 5.78. The Labute approximate surface area is 211 Å². The zero-order valence-electron chi connectivity index (χ0n) is 23.9. The van der Waals surface area contributed by atoms with Crippen LogP contribution < -0.4 is 0 Å². The number of carbonyl (C=O) groups is 1. The van der Waals surface area contributed by atoms with E-state index in [2.05, 4.69) is 55.4 Å². The van der Waals surface area contributed by atoms with Crippen molar-refractivity contribution in [1.29, 1.82) is 0 Å². The molecule has 2 heteroatoms. The fraction of sp³-hybridized carbons (Fsp3) is 0.906. The van der Waals surface area contributed by atoms with Gasteiger partial charge in [0.15, 0.2) is 0 Å². The van der Waals surface area contributed by atoms with Crippen LogP contribution in [0, 0.1) is 51.8 Å². The molecular weight excluding hydrogens is 416 g/mol. The smallest absolute Gasteiger partial charge is 0.302 e. The molecule has 2 unspecified atom stereocenters. The maximum absolute atomic E-state index is 11.7. The predicted molar refractivity (Wildman–Crippen MR) is 142 cm³/mol. The number of hydrogen-bond donors (Lipinski definition) is 0. The van der Waals surface area contributed by atoms with Gasteiger partial charge in [0.25, 0.3) is 0 Å². The van der Waals surface area contributed by atoms with E-state index in [4.69, 9.17) is 4.74 Å². The van der Waals surface area contributed by atoms with Crippen molar-refractivity contribution in [2.24, 2.45) is 51.8 Å². The summed E-state index contributed by atoms with van der Waals surface area (Å²) in [5, 5.41) is 0. The van der Waals surface area contributed by atoms with Gasteiger partial charge in [0.2, 0.25) is 0 Å². The van der Waals surface area contributed by atoms with Gasteiger partial charge in [0.1, 0.15) is 6.10 Å². The van der Waals surface area contributed by atoms with Crippen molar-refractivity contribution < 1.29 is 9.53 Å². The van der Waals surface area contributed by atoms with Gasteiger partial charge in [-0.2, -0.15) is 0 Å². The maximum Gasteiger partial charge on any atom is 0.302 e. The highest BCUT2D eigenvalue weighted by Crippen LogP contribution is 2.71. The Balaban J connectivity index is 1.57. The second kappa shape index (κ2) is 9.26. The fourth-order valence-corrected chi connectivity index (χ4v) is 9.68. The minimum absolute atomic E-state index is 0.106. The number of carbonyl (C=O) groups excluding carboxylic acids is 1. The number of hydrogen-bond acceptors (Lipinski definition) is 2. The predicted octanol–water partition coefficient (Wildman–Crippen LogP) is 8.99. The molecule has 0 bridgehead atoms. The van der Waals surface area contributed by atoms with Crippen LogP contribution in [0.1, 0.15) is 127 Å². The molecule has 34 heavy (non-hydrogen) atoms. The van der Waals surface area contributed by atoms with Gasteiger partial charge in [-0.15, -0.1) is 0 Å². The quantitative estimate of drug-likeness (QED) is 0.286. The van der Waals surface area contributed by atoms with Gasteiger partial charge >= 0.3 is 5.97 Å². The van der Waals surface area contributed by atoms with Crippen molar-refractivity contribution in [3.05, 3.63) is 11.1 Å². The molecule has 0 N–H and O–H groups in total. The van der Waals surface area contributed by atoms with Gasteiger partial charge in [-0.1, -0.05) is 79.4 Å². The van der Waals surface area contributed by atoms with Crippen molar-refractivity contribution in [2.45, 2.75) is 133 Å². The largest absolute Gasteiger partial charge is 0.462 e. The molecule has 2 saturated carbocycles. The van der Waals surface area contributed by atoms with Gasteiger partial charge in [-0.05, 0) is 103 Å². The SMILES string of the molecule is CC(=O)O[C@H]1CC[C@]2(C)C3=C(CCC2[C@@H]1C)[C@]1(C)CC[C@H]([C@H](C)CCC(C)C(C)C)[C@@]1(C)CC3. The second-order valence-corrected chi connectivity index (χ2v) is 14.2. The van der Waals surface area contributed by atoms with Crippen LogP contribution in [0.3, 0.4) is 0 Å². The van der Waals surface area contributed by atoms with Crippen LogP contribution in [-0.2, 0) is 9.53 Å². The van der Waals surface area contributed by atoms with E-state index in [1.165, 1.54) is 57.8 Å². The van der Waals surface area contributed by atoms with E-state index in [9.17, 15) is 4.79 Å². The Morgan fingerprint density at radius 3 is 2.29 bits per heavy atom. The van der Waals surface area contributed by atoms with Crippen LogP contribution in [0.15, 0.2) is 11.1 Å². The normalized spacial score (nSPS) is 43.7. The van der Waals surface area contributed by atoms with E-state index in [1.807, 2.05) is 11.1 Å². The van der Waals surface area contributed by atoms with E-state index < -0.39 is 0 Å². The molecule has 0 spiro atoms. The third-order valence-corrected chi connectivity index (χ3v) is 12.6. The van der Waals surface area contributed by atoms with Crippen LogP contribution in [0.4, 0.5) is 0 Å². The van der Waals surface area contributed by atoms with Gasteiger partial charge in [0, 0.05) is 6.92 Å². The summed E-state index contributed by atoms with van der Waals surface area (Å²) in [6.07, 6.45) is 13.2. The van der Waals surface area contributed by atoms with E-state index in [1.54, 1.807) is 6.92 Å². The van der Waals surface area contributed by atoms with Crippen LogP contribution in [0.25, 0.3) is 0 Å². The standard InChI is InChI=1S/C32H54O2/c1-20(2)21(3)10-11-22(4)25-14-18-32(9)28-13-12-26-23(5)29(34-24(6)33)16-17-30(26,7)27(28)15-19-31(25,32)8/h20-23,25-26,29H,10-19H2,1-9H3/t21?,22-,23+,25-,26?,29+,30+,31-,32+/m1/s1. The van der Waals surface area contributed by atoms with Gasteiger partial charge in [-0.3, -0.25) is 4.79 Å². The highest BCUT2D eigenvalue weighted by atomic mass is 16.5. The molecule has 9 atom stereocenters. The first-order chi connectivity index (χ1) is 15.8. The summed E-state index contributed by atoms with van der Waals surface area (Å²) in [6.45, 7) is 21.7. The molecular formula is C32H54O2. The number of ether oxygens (including phenoxy) is 1. The Kier molecular flexibility index (Phi) is 7.16. The van der Waals surface area contributed by atoms with E-state index in [0.29, 0.717) is 28.1 Å². The molecule has 0 radical (unpaired) electrons. The lowest BCUT2D eigenvalue weighted by Crippen LogP contribution is -2.52. The van der Waals surface area contributed by atoms with Crippen molar-refractivity contribution >= 4 is 5.97 Å². The molecule has 4 aliphatic carbocycles. The van der Waals surface area contributed by atoms with Crippen molar-refractivity contribution in [3.63, 3.8) is 0 Å². The number of allylic oxidation sites excluding steroid dienone is 2. The fourth-order valence-electron chi connectivity index (χ4n) is 9.68. The number of rotatable bonds is 6. The van der Waals surface area contributed by atoms with Crippen molar-refractivity contribution in [1.82, 2.24) is 0 Å². The van der Waals surface area contributed by atoms with Crippen molar-refractivity contribution in [2.75, 3.05) is 0 Å². The molecule has 0 aliphatic heterocycles. The lowest BCUT2D eigenvalue weighted by atomic mass is 9.45. The maximum atomic E-state index is 11.7. The monoisotopic (exact) mass is 470 g/mol. The minimum atomic E-state index is -0.106. The molecule has 4 aliphatic rings. The third-order valence-electron chi connectivity index (χ3n) is 12.6. The van der Waals surface area contributed by atoms with Gasteiger partial charge in [0.05, 0.1) is 0 Å². The minimum Gasteiger partial charge on any atom is -0.462 e. The lowest BCUT2D eigenvalue weighted by molar-refractivity contribution is -0.155. The molecule has 0 amide bonds. The first kappa shape index (κ1) is 26.3. The first-order valence-electron chi connectivity index (χ1n) is 14.8. The number of fused-ring (bicyclic) bond motifs is 4.